The van der Waals surface area contributed by atoms with Crippen LogP contribution in [0.3, 0.4) is 0 Å². The van der Waals surface area contributed by atoms with Gasteiger partial charge in [0, 0.05) is 0 Å². The van der Waals surface area contributed by atoms with Crippen molar-refractivity contribution in [2.75, 3.05) is 13.2 Å². The van der Waals surface area contributed by atoms with Crippen LogP contribution in [-0.4, -0.2) is 24.4 Å². The van der Waals surface area contributed by atoms with Crippen LogP contribution in [0, 0.1) is 17.8 Å². The van der Waals surface area contributed by atoms with Crippen LogP contribution in [0.25, 0.3) is 0 Å². The molecule has 84 valence electrons. The maximum absolute atomic E-state index is 8.76. The third-order valence-corrected chi connectivity index (χ3v) is 3.38. The van der Waals surface area contributed by atoms with E-state index in [-0.39, 0.29) is 6.61 Å². The van der Waals surface area contributed by atoms with Gasteiger partial charge in [0.1, 0.15) is 0 Å². The van der Waals surface area contributed by atoms with E-state index in [0.717, 1.165) is 5.92 Å². The molecule has 0 bridgehead atoms. The lowest BCUT2D eigenvalue weighted by Crippen LogP contribution is -2.34. The van der Waals surface area contributed by atoms with Gasteiger partial charge in [-0.1, -0.05) is 27.2 Å². The number of aliphatic hydroxyl groups excluding tert-OH is 1. The van der Waals surface area contributed by atoms with Crippen molar-refractivity contribution in [1.29, 1.82) is 0 Å². The van der Waals surface area contributed by atoms with Crippen LogP contribution >= 0.6 is 0 Å². The fraction of sp³-hybridized carbons (Fsp3) is 1.00. The van der Waals surface area contributed by atoms with Crippen molar-refractivity contribution in [2.24, 2.45) is 17.8 Å². The predicted octanol–water partition coefficient (Wildman–Crippen LogP) is 2.46. The third kappa shape index (κ3) is 3.25. The summed E-state index contributed by atoms with van der Waals surface area (Å²) in [6.45, 7) is 7.49. The van der Waals surface area contributed by atoms with Crippen molar-refractivity contribution < 1.29 is 9.84 Å². The van der Waals surface area contributed by atoms with Crippen LogP contribution in [0.5, 0.6) is 0 Å². The van der Waals surface area contributed by atoms with Gasteiger partial charge in [0.25, 0.3) is 0 Å². The number of hydrogen-bond acceptors (Lipinski definition) is 2. The Kier molecular flexibility index (Phi) is 4.90. The molecule has 0 amide bonds. The molecule has 2 heteroatoms. The second-order valence-electron chi connectivity index (χ2n) is 4.96. The molecule has 1 fully saturated rings. The second kappa shape index (κ2) is 5.72. The summed E-state index contributed by atoms with van der Waals surface area (Å²) in [5, 5.41) is 8.76. The van der Waals surface area contributed by atoms with E-state index in [1.54, 1.807) is 0 Å². The van der Waals surface area contributed by atoms with Gasteiger partial charge in [-0.15, -0.1) is 0 Å². The molecule has 1 unspecified atom stereocenters. The molecule has 0 aromatic carbocycles. The van der Waals surface area contributed by atoms with Gasteiger partial charge in [-0.05, 0) is 30.6 Å². The fourth-order valence-electron chi connectivity index (χ4n) is 2.51. The Labute approximate surface area is 87.7 Å². The van der Waals surface area contributed by atoms with Crippen LogP contribution in [0.1, 0.15) is 40.0 Å². The van der Waals surface area contributed by atoms with E-state index in [9.17, 15) is 0 Å². The van der Waals surface area contributed by atoms with E-state index in [2.05, 4.69) is 20.8 Å². The summed E-state index contributed by atoms with van der Waals surface area (Å²) in [6, 6.07) is 0. The molecule has 0 aromatic heterocycles. The molecule has 2 nitrogen and oxygen atoms in total. The number of ether oxygens (including phenoxy) is 1. The summed E-state index contributed by atoms with van der Waals surface area (Å²) in [7, 11) is 0. The first-order valence-corrected chi connectivity index (χ1v) is 5.87. The molecule has 14 heavy (non-hydrogen) atoms. The van der Waals surface area contributed by atoms with Gasteiger partial charge >= 0.3 is 0 Å². The first kappa shape index (κ1) is 12.0. The zero-order chi connectivity index (χ0) is 10.6. The van der Waals surface area contributed by atoms with E-state index in [1.807, 2.05) is 0 Å². The molecule has 0 heterocycles. The molecule has 1 aliphatic rings. The van der Waals surface area contributed by atoms with Gasteiger partial charge in [0.05, 0.1) is 19.3 Å². The Hall–Kier alpha value is -0.0800. The van der Waals surface area contributed by atoms with Crippen molar-refractivity contribution in [3.8, 4) is 0 Å². The Morgan fingerprint density at radius 2 is 2.07 bits per heavy atom. The largest absolute Gasteiger partial charge is 0.394 e. The first-order valence-electron chi connectivity index (χ1n) is 5.87. The molecule has 1 saturated carbocycles. The highest BCUT2D eigenvalue weighted by atomic mass is 16.5. The van der Waals surface area contributed by atoms with Crippen molar-refractivity contribution in [3.05, 3.63) is 0 Å². The van der Waals surface area contributed by atoms with E-state index >= 15 is 0 Å². The molecule has 0 radical (unpaired) electrons. The summed E-state index contributed by atoms with van der Waals surface area (Å²) in [4.78, 5) is 0. The standard InChI is InChI=1S/C12H24O2/c1-9(2)11-5-4-10(3)8-12(11)14-7-6-13/h9-13H,4-8H2,1-3H3/t10-,11+,12?/m1/s1. The van der Waals surface area contributed by atoms with Gasteiger partial charge in [-0.3, -0.25) is 0 Å². The quantitative estimate of drug-likeness (QED) is 0.755. The predicted molar refractivity (Wildman–Crippen MR) is 58.2 cm³/mol. The summed E-state index contributed by atoms with van der Waals surface area (Å²) in [6.07, 6.45) is 4.17. The van der Waals surface area contributed by atoms with Gasteiger partial charge in [0.2, 0.25) is 0 Å². The number of aliphatic hydroxyl groups is 1. The Balaban J connectivity index is 2.45. The lowest BCUT2D eigenvalue weighted by atomic mass is 9.75. The second-order valence-corrected chi connectivity index (χ2v) is 4.96. The molecular weight excluding hydrogens is 176 g/mol. The zero-order valence-corrected chi connectivity index (χ0v) is 9.70. The van der Waals surface area contributed by atoms with E-state index < -0.39 is 0 Å². The van der Waals surface area contributed by atoms with Crippen LogP contribution < -0.4 is 0 Å². The number of rotatable bonds is 4. The molecule has 1 N–H and O–H groups in total. The summed E-state index contributed by atoms with van der Waals surface area (Å²) >= 11 is 0. The summed E-state index contributed by atoms with van der Waals surface area (Å²) in [5.41, 5.74) is 0. The van der Waals surface area contributed by atoms with Crippen molar-refractivity contribution in [3.63, 3.8) is 0 Å². The minimum Gasteiger partial charge on any atom is -0.394 e. The fourth-order valence-corrected chi connectivity index (χ4v) is 2.51. The molecule has 1 aliphatic carbocycles. The highest BCUT2D eigenvalue weighted by Crippen LogP contribution is 2.35. The maximum atomic E-state index is 8.76. The van der Waals surface area contributed by atoms with Crippen molar-refractivity contribution in [2.45, 2.75) is 46.1 Å². The monoisotopic (exact) mass is 200 g/mol. The van der Waals surface area contributed by atoms with Gasteiger partial charge < -0.3 is 9.84 Å². The summed E-state index contributed by atoms with van der Waals surface area (Å²) < 4.78 is 5.73. The van der Waals surface area contributed by atoms with Crippen LogP contribution in [0.4, 0.5) is 0 Å². The van der Waals surface area contributed by atoms with Crippen LogP contribution in [0.15, 0.2) is 0 Å². The molecule has 0 spiro atoms. The van der Waals surface area contributed by atoms with Gasteiger partial charge in [-0.25, -0.2) is 0 Å². The normalized spacial score (nSPS) is 33.6. The molecule has 1 rings (SSSR count). The molecule has 3 atom stereocenters. The van der Waals surface area contributed by atoms with Crippen LogP contribution in [-0.2, 0) is 4.74 Å². The maximum Gasteiger partial charge on any atom is 0.0701 e. The lowest BCUT2D eigenvalue weighted by Gasteiger charge is -2.37. The Bertz CT molecular complexity index is 156. The third-order valence-electron chi connectivity index (χ3n) is 3.38. The van der Waals surface area contributed by atoms with E-state index in [1.165, 1.54) is 19.3 Å². The molecule has 0 aromatic rings. The van der Waals surface area contributed by atoms with Crippen molar-refractivity contribution in [1.82, 2.24) is 0 Å². The van der Waals surface area contributed by atoms with Crippen LogP contribution in [0.2, 0.25) is 0 Å². The average Bonchev–Trinajstić information content (AvgIpc) is 2.14. The van der Waals surface area contributed by atoms with Gasteiger partial charge in [-0.2, -0.15) is 0 Å². The average molecular weight is 200 g/mol. The summed E-state index contributed by atoms with van der Waals surface area (Å²) in [5.74, 6) is 2.18. The van der Waals surface area contributed by atoms with E-state index in [4.69, 9.17) is 9.84 Å². The minimum absolute atomic E-state index is 0.149. The zero-order valence-electron chi connectivity index (χ0n) is 9.70. The Morgan fingerprint density at radius 1 is 1.36 bits per heavy atom. The highest BCUT2D eigenvalue weighted by Gasteiger charge is 2.30. The number of hydrogen-bond donors (Lipinski definition) is 1. The molecular formula is C12H24O2. The minimum atomic E-state index is 0.149. The van der Waals surface area contributed by atoms with Crippen molar-refractivity contribution >= 4 is 0 Å². The highest BCUT2D eigenvalue weighted by molar-refractivity contribution is 4.81. The van der Waals surface area contributed by atoms with Gasteiger partial charge in [0.15, 0.2) is 0 Å². The first-order chi connectivity index (χ1) is 6.65. The Morgan fingerprint density at radius 3 is 2.64 bits per heavy atom. The lowest BCUT2D eigenvalue weighted by molar-refractivity contribution is -0.0489. The SMILES string of the molecule is CC(C)[C@@H]1CC[C@@H](C)CC1OCCO. The van der Waals surface area contributed by atoms with E-state index in [0.29, 0.717) is 24.5 Å². The molecule has 0 saturated heterocycles. The topological polar surface area (TPSA) is 29.5 Å². The smallest absolute Gasteiger partial charge is 0.0701 e. The molecule has 0 aliphatic heterocycles.